The molecule has 0 aliphatic heterocycles. The van der Waals surface area contributed by atoms with Crippen LogP contribution in [0.25, 0.3) is 22.3 Å². The molecule has 0 spiro atoms. The maximum Gasteiger partial charge on any atom is 0.332 e. The minimum atomic E-state index is -0.822. The van der Waals surface area contributed by atoms with E-state index in [9.17, 15) is 23.2 Å². The molecule has 0 unspecified atom stereocenters. The highest BCUT2D eigenvalue weighted by molar-refractivity contribution is 7.14. The van der Waals surface area contributed by atoms with E-state index in [1.54, 1.807) is 30.2 Å². The molecule has 0 fully saturated rings. The molecule has 1 N–H and O–H groups in total. The minimum Gasteiger partial charge on any atom is -0.488 e. The summed E-state index contributed by atoms with van der Waals surface area (Å²) >= 11 is 1.10. The summed E-state index contributed by atoms with van der Waals surface area (Å²) in [6.45, 7) is 2.25. The predicted octanol–water partition coefficient (Wildman–Crippen LogP) is 3.73. The van der Waals surface area contributed by atoms with Crippen molar-refractivity contribution in [1.82, 2.24) is 18.7 Å². The van der Waals surface area contributed by atoms with E-state index in [-0.39, 0.29) is 29.1 Å². The van der Waals surface area contributed by atoms with Crippen molar-refractivity contribution < 1.29 is 18.3 Å². The summed E-state index contributed by atoms with van der Waals surface area (Å²) in [7, 11) is 4.63. The summed E-state index contributed by atoms with van der Waals surface area (Å²) < 4.78 is 38.2. The van der Waals surface area contributed by atoms with Gasteiger partial charge in [0, 0.05) is 38.3 Å². The van der Waals surface area contributed by atoms with Gasteiger partial charge in [0.15, 0.2) is 22.5 Å². The summed E-state index contributed by atoms with van der Waals surface area (Å²) in [5.41, 5.74) is 0.431. The Morgan fingerprint density at radius 2 is 1.81 bits per heavy atom. The highest BCUT2D eigenvalue weighted by Gasteiger charge is 2.20. The molecule has 0 radical (unpaired) electrons. The molecule has 12 heteroatoms. The number of anilines is 1. The lowest BCUT2D eigenvalue weighted by Gasteiger charge is -2.09. The lowest BCUT2D eigenvalue weighted by molar-refractivity contribution is -0.115. The van der Waals surface area contributed by atoms with Gasteiger partial charge in [0.25, 0.3) is 5.56 Å². The third-order valence-electron chi connectivity index (χ3n) is 6.03. The number of nitrogens with one attached hydrogen (secondary N) is 1. The molecule has 9 nitrogen and oxygen atoms in total. The smallest absolute Gasteiger partial charge is 0.332 e. The third-order valence-corrected chi connectivity index (χ3v) is 6.79. The maximum atomic E-state index is 14.5. The van der Waals surface area contributed by atoms with Crippen molar-refractivity contribution in [3.05, 3.63) is 61.7 Å². The number of aromatic nitrogens is 4. The van der Waals surface area contributed by atoms with Crippen LogP contribution in [0.15, 0.2) is 33.3 Å². The minimum absolute atomic E-state index is 0.132. The Morgan fingerprint density at radius 1 is 1.11 bits per heavy atom. The average Bonchev–Trinajstić information content (AvgIpc) is 3.44. The Balaban J connectivity index is 1.51. The molecule has 37 heavy (non-hydrogen) atoms. The van der Waals surface area contributed by atoms with Gasteiger partial charge in [-0.05, 0) is 24.1 Å². The molecule has 4 rings (SSSR count). The Hall–Kier alpha value is -3.80. The molecule has 3 aromatic heterocycles. The number of carbonyl (C=O) groups excluding carboxylic acids is 1. The lowest BCUT2D eigenvalue weighted by Crippen LogP contribution is -2.37. The number of benzene rings is 1. The number of rotatable bonds is 9. The van der Waals surface area contributed by atoms with Crippen molar-refractivity contribution in [3.8, 4) is 17.0 Å². The van der Waals surface area contributed by atoms with Crippen molar-refractivity contribution in [1.29, 1.82) is 0 Å². The zero-order valence-corrected chi connectivity index (χ0v) is 21.7. The SMILES string of the molecule is CCCCCOc1c(F)cc(-c2csc(NC(=O)Cc3cn(C)c4c3c(=O)n(C)c(=O)n4C)n2)cc1F. The first-order valence-electron chi connectivity index (χ1n) is 11.7. The van der Waals surface area contributed by atoms with Gasteiger partial charge < -0.3 is 14.6 Å². The first kappa shape index (κ1) is 26.3. The lowest BCUT2D eigenvalue weighted by atomic mass is 10.1. The number of amides is 1. The molecule has 1 amide bonds. The van der Waals surface area contributed by atoms with Crippen LogP contribution < -0.4 is 21.3 Å². The number of ether oxygens (including phenoxy) is 1. The number of halogens is 2. The van der Waals surface area contributed by atoms with Crippen LogP contribution in [0.5, 0.6) is 5.75 Å². The van der Waals surface area contributed by atoms with Crippen LogP contribution in [0.2, 0.25) is 0 Å². The highest BCUT2D eigenvalue weighted by atomic mass is 32.1. The molecule has 3 heterocycles. The molecule has 0 aliphatic rings. The average molecular weight is 532 g/mol. The molecule has 0 saturated heterocycles. The Kier molecular flexibility index (Phi) is 7.58. The molecule has 0 bridgehead atoms. The maximum absolute atomic E-state index is 14.5. The molecule has 4 aromatic rings. The van der Waals surface area contributed by atoms with Crippen LogP contribution in [0, 0.1) is 11.6 Å². The van der Waals surface area contributed by atoms with Crippen LogP contribution >= 0.6 is 11.3 Å². The molecule has 0 saturated carbocycles. The summed E-state index contributed by atoms with van der Waals surface area (Å²) in [4.78, 5) is 42.0. The number of thiazole rings is 1. The zero-order chi connectivity index (χ0) is 26.9. The first-order chi connectivity index (χ1) is 17.6. The quantitative estimate of drug-likeness (QED) is 0.332. The number of fused-ring (bicyclic) bond motifs is 1. The number of nitrogens with zero attached hydrogens (tertiary/aromatic N) is 4. The van der Waals surface area contributed by atoms with E-state index in [1.807, 2.05) is 6.92 Å². The molecular formula is C25H27F2N5O4S. The Morgan fingerprint density at radius 3 is 2.49 bits per heavy atom. The highest BCUT2D eigenvalue weighted by Crippen LogP contribution is 2.31. The summed E-state index contributed by atoms with van der Waals surface area (Å²) in [5.74, 6) is -2.49. The van der Waals surface area contributed by atoms with Gasteiger partial charge in [-0.15, -0.1) is 11.3 Å². The number of carbonyl (C=O) groups is 1. The van der Waals surface area contributed by atoms with Gasteiger partial charge in [-0.3, -0.25) is 18.7 Å². The standard InChI is InChI=1S/C25H27F2N5O4S/c1-5-6-7-8-36-21-16(26)9-14(10-17(21)27)18-13-37-24(28-18)29-19(33)11-15-12-30(2)22-20(15)23(34)32(4)25(35)31(22)3/h9-10,12-13H,5-8,11H2,1-4H3,(H,28,29,33). The van der Waals surface area contributed by atoms with Gasteiger partial charge in [0.1, 0.15) is 5.65 Å². The summed E-state index contributed by atoms with van der Waals surface area (Å²) in [5, 5.41) is 4.76. The van der Waals surface area contributed by atoms with Gasteiger partial charge in [-0.25, -0.2) is 18.6 Å². The fourth-order valence-electron chi connectivity index (χ4n) is 4.19. The van der Waals surface area contributed by atoms with Gasteiger partial charge >= 0.3 is 5.69 Å². The summed E-state index contributed by atoms with van der Waals surface area (Å²) in [6, 6.07) is 2.30. The van der Waals surface area contributed by atoms with E-state index >= 15 is 0 Å². The second kappa shape index (κ2) is 10.7. The Labute approximate surface area is 214 Å². The van der Waals surface area contributed by atoms with E-state index in [2.05, 4.69) is 10.3 Å². The van der Waals surface area contributed by atoms with Gasteiger partial charge in [-0.1, -0.05) is 19.8 Å². The molecule has 0 aliphatic carbocycles. The fourth-order valence-corrected chi connectivity index (χ4v) is 4.93. The van der Waals surface area contributed by atoms with Crippen molar-refractivity contribution >= 4 is 33.4 Å². The molecule has 196 valence electrons. The molecule has 0 atom stereocenters. The van der Waals surface area contributed by atoms with Crippen molar-refractivity contribution in [2.24, 2.45) is 21.1 Å². The van der Waals surface area contributed by atoms with Crippen LogP contribution in [0.4, 0.5) is 13.9 Å². The topological polar surface area (TPSA) is 100 Å². The number of aryl methyl sites for hydroxylation is 2. The van der Waals surface area contributed by atoms with Crippen LogP contribution in [0.1, 0.15) is 31.7 Å². The van der Waals surface area contributed by atoms with E-state index in [0.29, 0.717) is 23.3 Å². The summed E-state index contributed by atoms with van der Waals surface area (Å²) in [6.07, 6.45) is 4.09. The second-order valence-corrected chi connectivity index (χ2v) is 9.62. The Bertz CT molecular complexity index is 1580. The van der Waals surface area contributed by atoms with E-state index in [1.165, 1.54) is 11.6 Å². The van der Waals surface area contributed by atoms with Crippen molar-refractivity contribution in [2.45, 2.75) is 32.6 Å². The van der Waals surface area contributed by atoms with Crippen LogP contribution in [-0.2, 0) is 32.4 Å². The number of hydrogen-bond donors (Lipinski definition) is 1. The van der Waals surface area contributed by atoms with Gasteiger partial charge in [0.2, 0.25) is 5.91 Å². The van der Waals surface area contributed by atoms with Gasteiger partial charge in [0.05, 0.1) is 24.1 Å². The third kappa shape index (κ3) is 5.19. The van der Waals surface area contributed by atoms with E-state index in [4.69, 9.17) is 4.74 Å². The number of unbranched alkanes of at least 4 members (excludes halogenated alkanes) is 2. The zero-order valence-electron chi connectivity index (χ0n) is 20.9. The molecular weight excluding hydrogens is 504 g/mol. The van der Waals surface area contributed by atoms with Crippen LogP contribution in [0.3, 0.4) is 0 Å². The van der Waals surface area contributed by atoms with Crippen molar-refractivity contribution in [3.63, 3.8) is 0 Å². The number of hydrogen-bond acceptors (Lipinski definition) is 6. The predicted molar refractivity (Wildman–Crippen MR) is 138 cm³/mol. The van der Waals surface area contributed by atoms with Crippen molar-refractivity contribution in [2.75, 3.05) is 11.9 Å². The first-order valence-corrected chi connectivity index (χ1v) is 12.6. The van der Waals surface area contributed by atoms with Gasteiger partial charge in [-0.2, -0.15) is 0 Å². The largest absolute Gasteiger partial charge is 0.488 e. The monoisotopic (exact) mass is 531 g/mol. The fraction of sp³-hybridized carbons (Fsp3) is 0.360. The second-order valence-electron chi connectivity index (χ2n) is 8.76. The molecule has 1 aromatic carbocycles. The van der Waals surface area contributed by atoms with Crippen LogP contribution in [-0.4, -0.2) is 31.2 Å². The normalized spacial score (nSPS) is 11.3. The van der Waals surface area contributed by atoms with E-state index in [0.717, 1.165) is 40.9 Å². The van der Waals surface area contributed by atoms with E-state index < -0.39 is 34.5 Å².